The van der Waals surface area contributed by atoms with Crippen LogP contribution in [-0.4, -0.2) is 22.8 Å². The van der Waals surface area contributed by atoms with Crippen LogP contribution in [0.5, 0.6) is 0 Å². The average Bonchev–Trinajstić information content (AvgIpc) is 3.08. The number of hydrogen-bond donors (Lipinski definition) is 1. The normalized spacial score (nSPS) is 10.8. The van der Waals surface area contributed by atoms with Gasteiger partial charge in [-0.05, 0) is 23.8 Å². The third-order valence-electron chi connectivity index (χ3n) is 3.16. The van der Waals surface area contributed by atoms with Crippen molar-refractivity contribution >= 4 is 16.8 Å². The predicted octanol–water partition coefficient (Wildman–Crippen LogP) is 3.03. The molecule has 1 aromatic carbocycles. The maximum absolute atomic E-state index is 12.1. The van der Waals surface area contributed by atoms with Gasteiger partial charge < -0.3 is 14.3 Å². The molecule has 1 N–H and O–H groups in total. The minimum absolute atomic E-state index is 0.115. The third kappa shape index (κ3) is 2.12. The van der Waals surface area contributed by atoms with Crippen LogP contribution in [0, 0.1) is 0 Å². The van der Waals surface area contributed by atoms with Crippen LogP contribution >= 0.6 is 0 Å². The lowest BCUT2D eigenvalue weighted by Crippen LogP contribution is -2.25. The van der Waals surface area contributed by atoms with Crippen molar-refractivity contribution in [2.75, 3.05) is 7.05 Å². The lowest BCUT2D eigenvalue weighted by atomic mass is 10.1. The van der Waals surface area contributed by atoms with E-state index >= 15 is 0 Å². The van der Waals surface area contributed by atoms with Gasteiger partial charge >= 0.3 is 0 Å². The second-order valence-corrected chi connectivity index (χ2v) is 4.50. The molecule has 0 fully saturated rings. The number of amides is 1. The standard InChI is InChI=1S/C15H14N2O2/c1-17(15(18)14-7-4-8-19-14)10-11-9-16-13-6-3-2-5-12(11)13/h2-9,16H,10H2,1H3. The second-order valence-electron chi connectivity index (χ2n) is 4.50. The van der Waals surface area contributed by atoms with Crippen molar-refractivity contribution < 1.29 is 9.21 Å². The largest absolute Gasteiger partial charge is 0.459 e. The number of furan rings is 1. The Morgan fingerprint density at radius 1 is 1.26 bits per heavy atom. The van der Waals surface area contributed by atoms with E-state index in [1.54, 1.807) is 24.1 Å². The molecule has 0 spiro atoms. The van der Waals surface area contributed by atoms with E-state index in [0.29, 0.717) is 12.3 Å². The van der Waals surface area contributed by atoms with Crippen LogP contribution in [0.4, 0.5) is 0 Å². The van der Waals surface area contributed by atoms with Crippen molar-refractivity contribution in [1.82, 2.24) is 9.88 Å². The number of benzene rings is 1. The van der Waals surface area contributed by atoms with E-state index in [-0.39, 0.29) is 5.91 Å². The molecule has 0 unspecified atom stereocenters. The zero-order chi connectivity index (χ0) is 13.2. The molecule has 19 heavy (non-hydrogen) atoms. The monoisotopic (exact) mass is 254 g/mol. The Hall–Kier alpha value is -2.49. The molecule has 0 aliphatic carbocycles. The van der Waals surface area contributed by atoms with Crippen molar-refractivity contribution in [3.63, 3.8) is 0 Å². The minimum Gasteiger partial charge on any atom is -0.459 e. The molecule has 0 radical (unpaired) electrons. The molecule has 0 aliphatic rings. The summed E-state index contributed by atoms with van der Waals surface area (Å²) in [7, 11) is 1.77. The number of H-pyrrole nitrogens is 1. The Bertz CT molecular complexity index is 698. The molecule has 4 nitrogen and oxygen atoms in total. The summed E-state index contributed by atoms with van der Waals surface area (Å²) in [5, 5.41) is 1.14. The van der Waals surface area contributed by atoms with Gasteiger partial charge in [-0.2, -0.15) is 0 Å². The molecule has 4 heteroatoms. The van der Waals surface area contributed by atoms with Crippen LogP contribution in [0.3, 0.4) is 0 Å². The SMILES string of the molecule is CN(Cc1c[nH]c2ccccc12)C(=O)c1ccco1. The molecule has 1 amide bonds. The number of carbonyl (C=O) groups excluding carboxylic acids is 1. The van der Waals surface area contributed by atoms with Crippen molar-refractivity contribution in [1.29, 1.82) is 0 Å². The van der Waals surface area contributed by atoms with Crippen molar-refractivity contribution in [3.8, 4) is 0 Å². The highest BCUT2D eigenvalue weighted by molar-refractivity contribution is 5.91. The fourth-order valence-electron chi connectivity index (χ4n) is 2.18. The first kappa shape index (κ1) is 11.6. The highest BCUT2D eigenvalue weighted by Gasteiger charge is 2.15. The number of aromatic amines is 1. The Morgan fingerprint density at radius 3 is 2.89 bits per heavy atom. The molecule has 0 aliphatic heterocycles. The molecular weight excluding hydrogens is 240 g/mol. The maximum atomic E-state index is 12.1. The summed E-state index contributed by atoms with van der Waals surface area (Å²) in [6.07, 6.45) is 3.45. The summed E-state index contributed by atoms with van der Waals surface area (Å²) in [6.45, 7) is 0.545. The zero-order valence-electron chi connectivity index (χ0n) is 10.6. The number of para-hydroxylation sites is 1. The van der Waals surface area contributed by atoms with Gasteiger partial charge in [-0.1, -0.05) is 18.2 Å². The lowest BCUT2D eigenvalue weighted by Gasteiger charge is -2.15. The first-order valence-corrected chi connectivity index (χ1v) is 6.09. The topological polar surface area (TPSA) is 49.2 Å². The molecule has 0 saturated heterocycles. The third-order valence-corrected chi connectivity index (χ3v) is 3.16. The smallest absolute Gasteiger partial charge is 0.289 e. The van der Waals surface area contributed by atoms with Crippen LogP contribution in [-0.2, 0) is 6.54 Å². The Kier molecular flexibility index (Phi) is 2.83. The van der Waals surface area contributed by atoms with Gasteiger partial charge in [0.25, 0.3) is 5.91 Å². The first-order valence-electron chi connectivity index (χ1n) is 6.09. The van der Waals surface area contributed by atoms with Gasteiger partial charge in [0.05, 0.1) is 6.26 Å². The summed E-state index contributed by atoms with van der Waals surface area (Å²) in [4.78, 5) is 16.9. The van der Waals surface area contributed by atoms with Crippen molar-refractivity contribution in [2.24, 2.45) is 0 Å². The number of fused-ring (bicyclic) bond motifs is 1. The minimum atomic E-state index is -0.115. The lowest BCUT2D eigenvalue weighted by molar-refractivity contribution is 0.0754. The van der Waals surface area contributed by atoms with Gasteiger partial charge in [0.1, 0.15) is 0 Å². The maximum Gasteiger partial charge on any atom is 0.289 e. The van der Waals surface area contributed by atoms with Crippen molar-refractivity contribution in [2.45, 2.75) is 6.54 Å². The van der Waals surface area contributed by atoms with E-state index in [2.05, 4.69) is 4.98 Å². The highest BCUT2D eigenvalue weighted by Crippen LogP contribution is 2.19. The number of aromatic nitrogens is 1. The molecule has 0 bridgehead atoms. The van der Waals surface area contributed by atoms with Gasteiger partial charge in [0.15, 0.2) is 5.76 Å². The first-order chi connectivity index (χ1) is 9.25. The van der Waals surface area contributed by atoms with Gasteiger partial charge in [0, 0.05) is 30.7 Å². The molecule has 0 atom stereocenters. The summed E-state index contributed by atoms with van der Waals surface area (Å²) in [5.74, 6) is 0.248. The van der Waals surface area contributed by atoms with E-state index in [4.69, 9.17) is 4.42 Å². The Balaban J connectivity index is 1.83. The molecule has 2 heterocycles. The quantitative estimate of drug-likeness (QED) is 0.781. The van der Waals surface area contributed by atoms with Crippen LogP contribution in [0.15, 0.2) is 53.3 Å². The van der Waals surface area contributed by atoms with Gasteiger partial charge in [-0.25, -0.2) is 0 Å². The van der Waals surface area contributed by atoms with E-state index in [1.807, 2.05) is 30.5 Å². The van der Waals surface area contributed by atoms with E-state index in [1.165, 1.54) is 6.26 Å². The number of nitrogens with one attached hydrogen (secondary N) is 1. The predicted molar refractivity (Wildman–Crippen MR) is 72.8 cm³/mol. The molecule has 2 aromatic heterocycles. The van der Waals surface area contributed by atoms with Crippen LogP contribution < -0.4 is 0 Å². The molecular formula is C15H14N2O2. The second kappa shape index (κ2) is 4.65. The zero-order valence-corrected chi connectivity index (χ0v) is 10.6. The van der Waals surface area contributed by atoms with E-state index in [9.17, 15) is 4.79 Å². The fraction of sp³-hybridized carbons (Fsp3) is 0.133. The number of rotatable bonds is 3. The van der Waals surface area contributed by atoms with Crippen LogP contribution in [0.25, 0.3) is 10.9 Å². The number of nitrogens with zero attached hydrogens (tertiary/aromatic N) is 1. The Labute approximate surface area is 110 Å². The van der Waals surface area contributed by atoms with Crippen molar-refractivity contribution in [3.05, 3.63) is 60.2 Å². The molecule has 96 valence electrons. The highest BCUT2D eigenvalue weighted by atomic mass is 16.3. The molecule has 3 aromatic rings. The van der Waals surface area contributed by atoms with Crippen LogP contribution in [0.1, 0.15) is 16.1 Å². The Morgan fingerprint density at radius 2 is 2.11 bits per heavy atom. The van der Waals surface area contributed by atoms with Crippen LogP contribution in [0.2, 0.25) is 0 Å². The average molecular weight is 254 g/mol. The summed E-state index contributed by atoms with van der Waals surface area (Å²) in [5.41, 5.74) is 2.18. The summed E-state index contributed by atoms with van der Waals surface area (Å²) in [6, 6.07) is 11.4. The van der Waals surface area contributed by atoms with Gasteiger partial charge in [-0.3, -0.25) is 4.79 Å². The van der Waals surface area contributed by atoms with Gasteiger partial charge in [0.2, 0.25) is 0 Å². The van der Waals surface area contributed by atoms with E-state index < -0.39 is 0 Å². The number of hydrogen-bond acceptors (Lipinski definition) is 2. The van der Waals surface area contributed by atoms with E-state index in [0.717, 1.165) is 16.5 Å². The fourth-order valence-corrected chi connectivity index (χ4v) is 2.18. The summed E-state index contributed by atoms with van der Waals surface area (Å²) < 4.78 is 5.12. The number of carbonyl (C=O) groups is 1. The summed E-state index contributed by atoms with van der Waals surface area (Å²) >= 11 is 0. The van der Waals surface area contributed by atoms with Gasteiger partial charge in [-0.15, -0.1) is 0 Å². The molecule has 3 rings (SSSR count). The molecule has 0 saturated carbocycles.